The van der Waals surface area contributed by atoms with Gasteiger partial charge in [0, 0.05) is 11.6 Å². The fourth-order valence-corrected chi connectivity index (χ4v) is 1.93. The molecule has 1 aromatic heterocycles. The summed E-state index contributed by atoms with van der Waals surface area (Å²) in [5, 5.41) is 9.41. The number of aromatic amines is 1. The van der Waals surface area contributed by atoms with E-state index in [9.17, 15) is 4.79 Å². The normalized spacial score (nSPS) is 10.7. The highest BCUT2D eigenvalue weighted by Gasteiger charge is 2.06. The van der Waals surface area contributed by atoms with E-state index in [1.165, 1.54) is 6.08 Å². The molecule has 0 aliphatic heterocycles. The molecule has 108 valence electrons. The van der Waals surface area contributed by atoms with Crippen molar-refractivity contribution in [3.05, 3.63) is 72.3 Å². The van der Waals surface area contributed by atoms with Crippen LogP contribution in [0.1, 0.15) is 5.56 Å². The largest absolute Gasteiger partial charge is 0.290 e. The van der Waals surface area contributed by atoms with Gasteiger partial charge in [0.25, 0.3) is 5.91 Å². The molecule has 0 aliphatic carbocycles. The van der Waals surface area contributed by atoms with Crippen LogP contribution in [0.15, 0.2) is 66.7 Å². The number of amides is 1. The first kappa shape index (κ1) is 13.8. The maximum atomic E-state index is 11.8. The summed E-state index contributed by atoms with van der Waals surface area (Å²) >= 11 is 0. The number of hydrogen-bond donors (Lipinski definition) is 2. The number of carbonyl (C=O) groups is 1. The molecule has 0 fully saturated rings. The predicted octanol–water partition coefficient (Wildman–Crippen LogP) is 3.12. The minimum absolute atomic E-state index is 0.251. The van der Waals surface area contributed by atoms with E-state index in [0.717, 1.165) is 11.1 Å². The summed E-state index contributed by atoms with van der Waals surface area (Å²) in [4.78, 5) is 16.1. The third-order valence-corrected chi connectivity index (χ3v) is 2.99. The molecule has 0 atom stereocenters. The van der Waals surface area contributed by atoms with Crippen LogP contribution in [0.3, 0.4) is 0 Å². The van der Waals surface area contributed by atoms with Crippen LogP contribution in [-0.4, -0.2) is 21.1 Å². The number of hydrogen-bond acceptors (Lipinski definition) is 3. The Morgan fingerprint density at radius 3 is 2.41 bits per heavy atom. The summed E-state index contributed by atoms with van der Waals surface area (Å²) in [7, 11) is 0. The molecule has 2 N–H and O–H groups in total. The minimum Gasteiger partial charge on any atom is -0.290 e. The van der Waals surface area contributed by atoms with Gasteiger partial charge in [-0.3, -0.25) is 15.2 Å². The molecule has 0 unspecified atom stereocenters. The van der Waals surface area contributed by atoms with Crippen LogP contribution >= 0.6 is 0 Å². The zero-order valence-corrected chi connectivity index (χ0v) is 11.7. The van der Waals surface area contributed by atoms with E-state index in [0.29, 0.717) is 5.82 Å². The Hall–Kier alpha value is -3.21. The lowest BCUT2D eigenvalue weighted by atomic mass is 10.2. The minimum atomic E-state index is -0.275. The molecule has 1 amide bonds. The van der Waals surface area contributed by atoms with Crippen LogP contribution < -0.4 is 5.32 Å². The summed E-state index contributed by atoms with van der Waals surface area (Å²) in [6.07, 6.45) is 3.19. The number of carbonyl (C=O) groups excluding carboxylic acids is 1. The maximum absolute atomic E-state index is 11.8. The van der Waals surface area contributed by atoms with E-state index < -0.39 is 0 Å². The molecule has 0 saturated heterocycles. The number of benzene rings is 2. The second kappa shape index (κ2) is 6.49. The van der Waals surface area contributed by atoms with Crippen molar-refractivity contribution in [2.45, 2.75) is 0 Å². The van der Waals surface area contributed by atoms with Gasteiger partial charge < -0.3 is 0 Å². The number of aromatic nitrogens is 3. The quantitative estimate of drug-likeness (QED) is 0.725. The van der Waals surface area contributed by atoms with Crippen LogP contribution in [0.25, 0.3) is 17.5 Å². The number of rotatable bonds is 4. The Morgan fingerprint density at radius 1 is 1.00 bits per heavy atom. The second-order valence-corrected chi connectivity index (χ2v) is 4.61. The maximum Gasteiger partial charge on any atom is 0.250 e. The average molecular weight is 290 g/mol. The monoisotopic (exact) mass is 290 g/mol. The van der Waals surface area contributed by atoms with Gasteiger partial charge >= 0.3 is 0 Å². The van der Waals surface area contributed by atoms with Gasteiger partial charge in [-0.05, 0) is 11.6 Å². The summed E-state index contributed by atoms with van der Waals surface area (Å²) in [5.74, 6) is 0.590. The number of H-pyrrole nitrogens is 1. The highest BCUT2D eigenvalue weighted by molar-refractivity contribution is 6.00. The van der Waals surface area contributed by atoms with Crippen LogP contribution in [0, 0.1) is 0 Å². The third-order valence-electron chi connectivity index (χ3n) is 2.99. The first-order valence-electron chi connectivity index (χ1n) is 6.83. The molecule has 0 radical (unpaired) electrons. The third kappa shape index (κ3) is 3.46. The zero-order chi connectivity index (χ0) is 15.2. The van der Waals surface area contributed by atoms with Crippen molar-refractivity contribution in [2.75, 3.05) is 5.32 Å². The van der Waals surface area contributed by atoms with E-state index in [-0.39, 0.29) is 11.9 Å². The highest BCUT2D eigenvalue weighted by Crippen LogP contribution is 2.14. The number of nitrogens with zero attached hydrogens (tertiary/aromatic N) is 2. The van der Waals surface area contributed by atoms with Crippen LogP contribution in [0.4, 0.5) is 5.95 Å². The van der Waals surface area contributed by atoms with Crippen molar-refractivity contribution in [1.82, 2.24) is 15.2 Å². The van der Waals surface area contributed by atoms with Crippen LogP contribution in [-0.2, 0) is 4.79 Å². The Balaban J connectivity index is 1.65. The fourth-order valence-electron chi connectivity index (χ4n) is 1.93. The van der Waals surface area contributed by atoms with Gasteiger partial charge in [0.15, 0.2) is 5.82 Å². The van der Waals surface area contributed by atoms with Crippen molar-refractivity contribution in [3.8, 4) is 11.4 Å². The van der Waals surface area contributed by atoms with Crippen molar-refractivity contribution in [3.63, 3.8) is 0 Å². The van der Waals surface area contributed by atoms with Gasteiger partial charge in [0.2, 0.25) is 5.95 Å². The Morgan fingerprint density at radius 2 is 1.68 bits per heavy atom. The zero-order valence-electron chi connectivity index (χ0n) is 11.7. The molecule has 0 aliphatic rings. The first-order valence-corrected chi connectivity index (χ1v) is 6.83. The topological polar surface area (TPSA) is 70.7 Å². The van der Waals surface area contributed by atoms with Crippen molar-refractivity contribution in [1.29, 1.82) is 0 Å². The van der Waals surface area contributed by atoms with Crippen molar-refractivity contribution in [2.24, 2.45) is 0 Å². The van der Waals surface area contributed by atoms with Crippen LogP contribution in [0.5, 0.6) is 0 Å². The molecule has 5 heteroatoms. The molecule has 3 rings (SSSR count). The van der Waals surface area contributed by atoms with E-state index in [4.69, 9.17) is 0 Å². The summed E-state index contributed by atoms with van der Waals surface area (Å²) in [6, 6.07) is 19.2. The van der Waals surface area contributed by atoms with E-state index in [1.54, 1.807) is 6.08 Å². The smallest absolute Gasteiger partial charge is 0.250 e. The molecular formula is C17H14N4O. The lowest BCUT2D eigenvalue weighted by molar-refractivity contribution is -0.111. The Labute approximate surface area is 127 Å². The fraction of sp³-hybridized carbons (Fsp3) is 0. The summed E-state index contributed by atoms with van der Waals surface area (Å²) in [6.45, 7) is 0. The van der Waals surface area contributed by atoms with Gasteiger partial charge in [0.05, 0.1) is 0 Å². The lowest BCUT2D eigenvalue weighted by Gasteiger charge is -1.95. The van der Waals surface area contributed by atoms with Crippen LogP contribution in [0.2, 0.25) is 0 Å². The first-order chi connectivity index (χ1) is 10.8. The Kier molecular flexibility index (Phi) is 4.06. The van der Waals surface area contributed by atoms with Crippen molar-refractivity contribution < 1.29 is 4.79 Å². The van der Waals surface area contributed by atoms with Gasteiger partial charge in [0.1, 0.15) is 0 Å². The van der Waals surface area contributed by atoms with Crippen molar-refractivity contribution >= 4 is 17.9 Å². The molecule has 0 saturated carbocycles. The lowest BCUT2D eigenvalue weighted by Crippen LogP contribution is -2.09. The molecule has 5 nitrogen and oxygen atoms in total. The molecule has 2 aromatic carbocycles. The SMILES string of the molecule is O=C(/C=C/c1ccccc1)Nc1n[nH]c(-c2ccccc2)n1. The molecule has 22 heavy (non-hydrogen) atoms. The van der Waals surface area contributed by atoms with E-state index in [2.05, 4.69) is 20.5 Å². The predicted molar refractivity (Wildman–Crippen MR) is 85.9 cm³/mol. The van der Waals surface area contributed by atoms with E-state index >= 15 is 0 Å². The number of nitrogens with one attached hydrogen (secondary N) is 2. The number of anilines is 1. The molecule has 0 spiro atoms. The van der Waals surface area contributed by atoms with Gasteiger partial charge in [-0.15, -0.1) is 5.10 Å². The van der Waals surface area contributed by atoms with Gasteiger partial charge in [-0.1, -0.05) is 60.7 Å². The molecule has 1 heterocycles. The summed E-state index contributed by atoms with van der Waals surface area (Å²) < 4.78 is 0. The van der Waals surface area contributed by atoms with Gasteiger partial charge in [-0.25, -0.2) is 0 Å². The standard InChI is InChI=1S/C17H14N4O/c22-15(12-11-13-7-3-1-4-8-13)18-17-19-16(20-21-17)14-9-5-2-6-10-14/h1-12H,(H2,18,19,20,21,22)/b12-11+. The highest BCUT2D eigenvalue weighted by atomic mass is 16.1. The average Bonchev–Trinajstić information content (AvgIpc) is 3.03. The van der Waals surface area contributed by atoms with Gasteiger partial charge in [-0.2, -0.15) is 4.98 Å². The summed E-state index contributed by atoms with van der Waals surface area (Å²) in [5.41, 5.74) is 1.87. The molecule has 0 bridgehead atoms. The van der Waals surface area contributed by atoms with E-state index in [1.807, 2.05) is 60.7 Å². The molecular weight excluding hydrogens is 276 g/mol. The second-order valence-electron chi connectivity index (χ2n) is 4.61. The Bertz CT molecular complexity index is 779. The molecule has 3 aromatic rings.